The predicted octanol–water partition coefficient (Wildman–Crippen LogP) is 1.36. The molecule has 0 bridgehead atoms. The normalized spacial score (nSPS) is 11.7. The fourth-order valence-corrected chi connectivity index (χ4v) is 1.77. The number of ether oxygens (including phenoxy) is 4. The lowest BCUT2D eigenvalue weighted by Gasteiger charge is -2.17. The second-order valence-corrected chi connectivity index (χ2v) is 4.14. The number of carbonyl (C=O) groups excluding carboxylic acids is 1. The molecule has 20 heavy (non-hydrogen) atoms. The lowest BCUT2D eigenvalue weighted by Crippen LogP contribution is -2.34. The molecule has 1 N–H and O–H groups in total. The summed E-state index contributed by atoms with van der Waals surface area (Å²) in [5.74, 6) is 1.58. The second-order valence-electron chi connectivity index (χ2n) is 4.14. The molecule has 0 aliphatic rings. The third-order valence-electron chi connectivity index (χ3n) is 2.96. The maximum Gasteiger partial charge on any atom is 0.322 e. The van der Waals surface area contributed by atoms with Gasteiger partial charge in [0.1, 0.15) is 23.3 Å². The minimum atomic E-state index is -0.420. The van der Waals surface area contributed by atoms with Crippen LogP contribution in [0, 0.1) is 0 Å². The fourth-order valence-electron chi connectivity index (χ4n) is 1.77. The van der Waals surface area contributed by atoms with E-state index in [9.17, 15) is 4.79 Å². The van der Waals surface area contributed by atoms with Crippen molar-refractivity contribution in [3.05, 3.63) is 17.7 Å². The minimum Gasteiger partial charge on any atom is -0.496 e. The van der Waals surface area contributed by atoms with Crippen LogP contribution in [0.4, 0.5) is 0 Å². The largest absolute Gasteiger partial charge is 0.496 e. The third kappa shape index (κ3) is 3.77. The molecule has 0 heterocycles. The number of hydrogen-bond donors (Lipinski definition) is 1. The standard InChI is InChI=1S/C14H21NO5/c1-9(14(16)20-5)15-8-11-12(18-3)6-10(17-2)7-13(11)19-4/h6-7,9,15H,8H2,1-5H3. The Balaban J connectivity index is 2.95. The first kappa shape index (κ1) is 16.1. The first-order valence-electron chi connectivity index (χ1n) is 6.17. The summed E-state index contributed by atoms with van der Waals surface area (Å²) in [5, 5.41) is 3.06. The van der Waals surface area contributed by atoms with E-state index >= 15 is 0 Å². The molecule has 0 saturated carbocycles. The summed E-state index contributed by atoms with van der Waals surface area (Å²) in [6.07, 6.45) is 0. The molecule has 0 aliphatic heterocycles. The van der Waals surface area contributed by atoms with Crippen LogP contribution in [0.25, 0.3) is 0 Å². The molecule has 0 saturated heterocycles. The van der Waals surface area contributed by atoms with Gasteiger partial charge < -0.3 is 24.3 Å². The van der Waals surface area contributed by atoms with Crippen molar-refractivity contribution in [2.75, 3.05) is 28.4 Å². The van der Waals surface area contributed by atoms with Crippen LogP contribution in [0.15, 0.2) is 12.1 Å². The molecule has 1 unspecified atom stereocenters. The lowest BCUT2D eigenvalue weighted by molar-refractivity contribution is -0.142. The lowest BCUT2D eigenvalue weighted by atomic mass is 10.1. The van der Waals surface area contributed by atoms with Gasteiger partial charge in [-0.2, -0.15) is 0 Å². The van der Waals surface area contributed by atoms with Crippen molar-refractivity contribution in [2.24, 2.45) is 0 Å². The van der Waals surface area contributed by atoms with E-state index in [4.69, 9.17) is 14.2 Å². The van der Waals surface area contributed by atoms with Gasteiger partial charge in [0.25, 0.3) is 0 Å². The van der Waals surface area contributed by atoms with Crippen molar-refractivity contribution < 1.29 is 23.7 Å². The van der Waals surface area contributed by atoms with Crippen LogP contribution in [-0.2, 0) is 16.1 Å². The Labute approximate surface area is 119 Å². The Morgan fingerprint density at radius 3 is 2.05 bits per heavy atom. The number of hydrogen-bond acceptors (Lipinski definition) is 6. The highest BCUT2D eigenvalue weighted by atomic mass is 16.5. The van der Waals surface area contributed by atoms with Gasteiger partial charge in [-0.15, -0.1) is 0 Å². The van der Waals surface area contributed by atoms with Crippen LogP contribution < -0.4 is 19.5 Å². The van der Waals surface area contributed by atoms with Crippen molar-refractivity contribution >= 4 is 5.97 Å². The van der Waals surface area contributed by atoms with Gasteiger partial charge in [-0.05, 0) is 6.92 Å². The van der Waals surface area contributed by atoms with Crippen LogP contribution in [0.2, 0.25) is 0 Å². The Bertz CT molecular complexity index is 436. The Morgan fingerprint density at radius 2 is 1.65 bits per heavy atom. The van der Waals surface area contributed by atoms with Crippen molar-refractivity contribution in [1.82, 2.24) is 5.32 Å². The summed E-state index contributed by atoms with van der Waals surface area (Å²) in [6.45, 7) is 2.14. The van der Waals surface area contributed by atoms with Crippen LogP contribution in [0.1, 0.15) is 12.5 Å². The van der Waals surface area contributed by atoms with Gasteiger partial charge in [-0.25, -0.2) is 0 Å². The predicted molar refractivity (Wildman–Crippen MR) is 74.4 cm³/mol. The number of nitrogens with one attached hydrogen (secondary N) is 1. The quantitative estimate of drug-likeness (QED) is 0.762. The van der Waals surface area contributed by atoms with Crippen LogP contribution in [0.5, 0.6) is 17.2 Å². The average molecular weight is 283 g/mol. The van der Waals surface area contributed by atoms with Crippen LogP contribution in [0.3, 0.4) is 0 Å². The van der Waals surface area contributed by atoms with E-state index in [-0.39, 0.29) is 5.97 Å². The average Bonchev–Trinajstić information content (AvgIpc) is 2.50. The van der Waals surface area contributed by atoms with Crippen molar-refractivity contribution in [1.29, 1.82) is 0 Å². The number of carbonyl (C=O) groups is 1. The zero-order valence-corrected chi connectivity index (χ0v) is 12.5. The van der Waals surface area contributed by atoms with Gasteiger partial charge >= 0.3 is 5.97 Å². The molecule has 112 valence electrons. The molecule has 0 aromatic heterocycles. The van der Waals surface area contributed by atoms with Crippen LogP contribution >= 0.6 is 0 Å². The summed E-state index contributed by atoms with van der Waals surface area (Å²) in [7, 11) is 6.07. The highest BCUT2D eigenvalue weighted by Gasteiger charge is 2.17. The molecule has 1 rings (SSSR count). The molecule has 1 aromatic carbocycles. The van der Waals surface area contributed by atoms with E-state index in [1.54, 1.807) is 40.4 Å². The molecule has 6 heteroatoms. The number of esters is 1. The Morgan fingerprint density at radius 1 is 1.10 bits per heavy atom. The van der Waals surface area contributed by atoms with E-state index in [0.29, 0.717) is 23.8 Å². The third-order valence-corrected chi connectivity index (χ3v) is 2.96. The van der Waals surface area contributed by atoms with Gasteiger partial charge in [0, 0.05) is 18.7 Å². The van der Waals surface area contributed by atoms with Crippen molar-refractivity contribution in [3.8, 4) is 17.2 Å². The maximum atomic E-state index is 11.4. The molecule has 0 aliphatic carbocycles. The molecule has 6 nitrogen and oxygen atoms in total. The van der Waals surface area contributed by atoms with Gasteiger partial charge in [-0.3, -0.25) is 4.79 Å². The monoisotopic (exact) mass is 283 g/mol. The summed E-state index contributed by atoms with van der Waals surface area (Å²) in [5.41, 5.74) is 0.812. The molecule has 1 aromatic rings. The zero-order valence-electron chi connectivity index (χ0n) is 12.5. The highest BCUT2D eigenvalue weighted by molar-refractivity contribution is 5.75. The van der Waals surface area contributed by atoms with E-state index in [1.165, 1.54) is 7.11 Å². The first-order valence-corrected chi connectivity index (χ1v) is 6.17. The fraction of sp³-hybridized carbons (Fsp3) is 0.500. The van der Waals surface area contributed by atoms with Crippen molar-refractivity contribution in [2.45, 2.75) is 19.5 Å². The summed E-state index contributed by atoms with van der Waals surface area (Å²) in [6, 6.07) is 3.11. The van der Waals surface area contributed by atoms with Gasteiger partial charge in [0.2, 0.25) is 0 Å². The van der Waals surface area contributed by atoms with Gasteiger partial charge in [-0.1, -0.05) is 0 Å². The van der Waals surface area contributed by atoms with E-state index < -0.39 is 6.04 Å². The molecule has 0 fully saturated rings. The highest BCUT2D eigenvalue weighted by Crippen LogP contribution is 2.33. The topological polar surface area (TPSA) is 66.0 Å². The number of benzene rings is 1. The number of rotatable bonds is 7. The zero-order chi connectivity index (χ0) is 15.1. The first-order chi connectivity index (χ1) is 9.57. The molecule has 1 atom stereocenters. The molecule has 0 radical (unpaired) electrons. The van der Waals surface area contributed by atoms with E-state index in [2.05, 4.69) is 10.1 Å². The summed E-state index contributed by atoms with van der Waals surface area (Å²) in [4.78, 5) is 11.4. The number of methoxy groups -OCH3 is 4. The molecule has 0 spiro atoms. The summed E-state index contributed by atoms with van der Waals surface area (Å²) >= 11 is 0. The molecular formula is C14H21NO5. The second kappa shape index (κ2) is 7.59. The maximum absolute atomic E-state index is 11.4. The van der Waals surface area contributed by atoms with E-state index in [0.717, 1.165) is 5.56 Å². The van der Waals surface area contributed by atoms with Gasteiger partial charge in [0.05, 0.1) is 34.0 Å². The Kier molecular flexibility index (Phi) is 6.11. The minimum absolute atomic E-state index is 0.323. The van der Waals surface area contributed by atoms with E-state index in [1.807, 2.05) is 0 Å². The Hall–Kier alpha value is -1.95. The summed E-state index contributed by atoms with van der Waals surface area (Å²) < 4.78 is 20.5. The molecular weight excluding hydrogens is 262 g/mol. The van der Waals surface area contributed by atoms with Crippen LogP contribution in [-0.4, -0.2) is 40.5 Å². The van der Waals surface area contributed by atoms with Gasteiger partial charge in [0.15, 0.2) is 0 Å². The molecule has 0 amide bonds. The smallest absolute Gasteiger partial charge is 0.322 e. The van der Waals surface area contributed by atoms with Crippen molar-refractivity contribution in [3.63, 3.8) is 0 Å². The SMILES string of the molecule is COC(=O)C(C)NCc1c(OC)cc(OC)cc1OC.